The molecule has 4 rings (SSSR count). The number of carbonyl (C=O) groups excluding carboxylic acids is 2. The van der Waals surface area contributed by atoms with Crippen molar-refractivity contribution < 1.29 is 9.59 Å². The number of rotatable bonds is 6. The highest BCUT2D eigenvalue weighted by Crippen LogP contribution is 2.34. The van der Waals surface area contributed by atoms with Crippen molar-refractivity contribution in [3.05, 3.63) is 59.4 Å². The van der Waals surface area contributed by atoms with Crippen LogP contribution < -0.4 is 4.90 Å². The first-order valence-corrected chi connectivity index (χ1v) is 11.8. The van der Waals surface area contributed by atoms with E-state index in [1.54, 1.807) is 0 Å². The number of para-hydroxylation sites is 2. The molecule has 33 heavy (non-hydrogen) atoms. The summed E-state index contributed by atoms with van der Waals surface area (Å²) >= 11 is 0. The number of benzene rings is 2. The van der Waals surface area contributed by atoms with Gasteiger partial charge in [0, 0.05) is 36.7 Å². The monoisotopic (exact) mass is 446 g/mol. The van der Waals surface area contributed by atoms with Crippen molar-refractivity contribution in [1.82, 2.24) is 14.5 Å². The number of fused-ring (bicyclic) bond motifs is 1. The molecule has 1 aliphatic rings. The minimum Gasteiger partial charge on any atom is -0.336 e. The minimum absolute atomic E-state index is 0.0649. The zero-order valence-corrected chi connectivity index (χ0v) is 20.5. The Morgan fingerprint density at radius 1 is 1.09 bits per heavy atom. The van der Waals surface area contributed by atoms with E-state index >= 15 is 0 Å². The number of amides is 2. The molecule has 174 valence electrons. The van der Waals surface area contributed by atoms with Crippen molar-refractivity contribution in [3.63, 3.8) is 0 Å². The molecule has 2 heterocycles. The zero-order valence-electron chi connectivity index (χ0n) is 20.5. The summed E-state index contributed by atoms with van der Waals surface area (Å²) in [6.07, 6.45) is 0.392. The van der Waals surface area contributed by atoms with E-state index in [2.05, 4.69) is 13.0 Å². The van der Waals surface area contributed by atoms with Crippen LogP contribution in [-0.2, 0) is 16.1 Å². The van der Waals surface area contributed by atoms with Gasteiger partial charge >= 0.3 is 0 Å². The molecule has 3 aromatic rings. The van der Waals surface area contributed by atoms with Crippen molar-refractivity contribution in [2.45, 2.75) is 72.5 Å². The molecular weight excluding hydrogens is 412 g/mol. The molecule has 6 nitrogen and oxygen atoms in total. The van der Waals surface area contributed by atoms with Crippen LogP contribution in [0.3, 0.4) is 0 Å². The van der Waals surface area contributed by atoms with Gasteiger partial charge in [0.15, 0.2) is 0 Å². The van der Waals surface area contributed by atoms with Gasteiger partial charge in [-0.25, -0.2) is 4.98 Å². The predicted molar refractivity (Wildman–Crippen MR) is 132 cm³/mol. The third-order valence-corrected chi connectivity index (χ3v) is 6.51. The molecule has 0 aliphatic carbocycles. The van der Waals surface area contributed by atoms with Gasteiger partial charge in [0.05, 0.1) is 11.0 Å². The lowest BCUT2D eigenvalue weighted by atomic mass is 10.1. The van der Waals surface area contributed by atoms with Gasteiger partial charge in [0.2, 0.25) is 11.8 Å². The maximum atomic E-state index is 13.3. The minimum atomic E-state index is -0.0649. The summed E-state index contributed by atoms with van der Waals surface area (Å²) in [6, 6.07) is 14.3. The number of aromatic nitrogens is 2. The van der Waals surface area contributed by atoms with Gasteiger partial charge in [-0.05, 0) is 65.3 Å². The predicted octanol–water partition coefficient (Wildman–Crippen LogP) is 4.82. The fraction of sp³-hybridized carbons (Fsp3) is 0.444. The van der Waals surface area contributed by atoms with Gasteiger partial charge in [-0.3, -0.25) is 9.59 Å². The lowest BCUT2D eigenvalue weighted by Crippen LogP contribution is -2.44. The van der Waals surface area contributed by atoms with E-state index in [4.69, 9.17) is 4.98 Å². The van der Waals surface area contributed by atoms with Crippen molar-refractivity contribution in [3.8, 4) is 0 Å². The SMILES string of the molecule is Cc1ccc(N2CC(c3nc4ccccc4n3CC(=O)N(C(C)C)C(C)C)CC2=O)c(C)c1. The zero-order chi connectivity index (χ0) is 23.9. The first kappa shape index (κ1) is 23.0. The average molecular weight is 447 g/mol. The molecule has 0 saturated carbocycles. The van der Waals surface area contributed by atoms with Crippen molar-refractivity contribution in [2.24, 2.45) is 0 Å². The van der Waals surface area contributed by atoms with E-state index in [0.29, 0.717) is 13.0 Å². The van der Waals surface area contributed by atoms with Crippen LogP contribution >= 0.6 is 0 Å². The van der Waals surface area contributed by atoms with Crippen molar-refractivity contribution in [2.75, 3.05) is 11.4 Å². The van der Waals surface area contributed by atoms with E-state index in [1.807, 2.05) is 85.4 Å². The lowest BCUT2D eigenvalue weighted by molar-refractivity contribution is -0.135. The standard InChI is InChI=1S/C27H34N4O2/c1-17(2)31(18(3)4)26(33)16-30-24-10-8-7-9-22(24)28-27(30)21-14-25(32)29(15-21)23-12-11-19(5)13-20(23)6/h7-13,17-18,21H,14-16H2,1-6H3. The molecule has 1 atom stereocenters. The molecule has 0 N–H and O–H groups in total. The Morgan fingerprint density at radius 3 is 2.45 bits per heavy atom. The third kappa shape index (κ3) is 4.39. The molecule has 1 aliphatic heterocycles. The van der Waals surface area contributed by atoms with Gasteiger partial charge in [-0.15, -0.1) is 0 Å². The number of carbonyl (C=O) groups is 2. The molecule has 1 fully saturated rings. The highest BCUT2D eigenvalue weighted by Gasteiger charge is 2.36. The highest BCUT2D eigenvalue weighted by molar-refractivity contribution is 5.97. The van der Waals surface area contributed by atoms with E-state index in [1.165, 1.54) is 5.56 Å². The Balaban J connectivity index is 1.70. The fourth-order valence-electron chi connectivity index (χ4n) is 5.18. The first-order valence-electron chi connectivity index (χ1n) is 11.8. The van der Waals surface area contributed by atoms with E-state index < -0.39 is 0 Å². The van der Waals surface area contributed by atoms with Gasteiger partial charge in [0.25, 0.3) is 0 Å². The third-order valence-electron chi connectivity index (χ3n) is 6.51. The van der Waals surface area contributed by atoms with Crippen LogP contribution in [0.4, 0.5) is 5.69 Å². The summed E-state index contributed by atoms with van der Waals surface area (Å²) in [4.78, 5) is 35.1. The summed E-state index contributed by atoms with van der Waals surface area (Å²) in [6.45, 7) is 13.1. The average Bonchev–Trinajstić information content (AvgIpc) is 3.28. The number of hydrogen-bond donors (Lipinski definition) is 0. The van der Waals surface area contributed by atoms with Gasteiger partial charge in [-0.2, -0.15) is 0 Å². The summed E-state index contributed by atoms with van der Waals surface area (Å²) in [5, 5.41) is 0. The first-order chi connectivity index (χ1) is 15.7. The number of nitrogens with zero attached hydrogens (tertiary/aromatic N) is 4. The molecule has 0 bridgehead atoms. The van der Waals surface area contributed by atoms with Crippen molar-refractivity contribution >= 4 is 28.5 Å². The summed E-state index contributed by atoms with van der Waals surface area (Å²) in [5.74, 6) is 0.922. The Bertz CT molecular complexity index is 1190. The molecule has 1 unspecified atom stereocenters. The fourth-order valence-corrected chi connectivity index (χ4v) is 5.18. The van der Waals surface area contributed by atoms with Crippen molar-refractivity contribution in [1.29, 1.82) is 0 Å². The quantitative estimate of drug-likeness (QED) is 0.545. The largest absolute Gasteiger partial charge is 0.336 e. The van der Waals surface area contributed by atoms with Crippen LogP contribution in [0.5, 0.6) is 0 Å². The van der Waals surface area contributed by atoms with Crippen LogP contribution in [-0.4, -0.2) is 44.9 Å². The second-order valence-corrected chi connectivity index (χ2v) is 9.73. The summed E-state index contributed by atoms with van der Waals surface area (Å²) in [5.41, 5.74) is 5.03. The maximum Gasteiger partial charge on any atom is 0.243 e. The second kappa shape index (κ2) is 9.00. The molecule has 0 radical (unpaired) electrons. The van der Waals surface area contributed by atoms with Crippen LogP contribution in [0.15, 0.2) is 42.5 Å². The number of hydrogen-bond acceptors (Lipinski definition) is 3. The Labute approximate surface area is 196 Å². The smallest absolute Gasteiger partial charge is 0.243 e. The topological polar surface area (TPSA) is 58.4 Å². The Kier molecular flexibility index (Phi) is 6.28. The summed E-state index contributed by atoms with van der Waals surface area (Å²) in [7, 11) is 0. The normalized spacial score (nSPS) is 16.4. The Hall–Kier alpha value is -3.15. The van der Waals surface area contributed by atoms with Gasteiger partial charge < -0.3 is 14.4 Å². The van der Waals surface area contributed by atoms with E-state index in [0.717, 1.165) is 28.1 Å². The molecule has 1 aromatic heterocycles. The molecule has 1 saturated heterocycles. The van der Waals surface area contributed by atoms with Gasteiger partial charge in [-0.1, -0.05) is 29.8 Å². The lowest BCUT2D eigenvalue weighted by Gasteiger charge is -2.31. The number of aryl methyl sites for hydroxylation is 2. The van der Waals surface area contributed by atoms with Crippen LogP contribution in [0, 0.1) is 13.8 Å². The Morgan fingerprint density at radius 2 is 1.79 bits per heavy atom. The molecule has 2 aromatic carbocycles. The maximum absolute atomic E-state index is 13.3. The van der Waals surface area contributed by atoms with E-state index in [9.17, 15) is 9.59 Å². The van der Waals surface area contributed by atoms with Crippen LogP contribution in [0.25, 0.3) is 11.0 Å². The van der Waals surface area contributed by atoms with Gasteiger partial charge in [0.1, 0.15) is 12.4 Å². The van der Waals surface area contributed by atoms with E-state index in [-0.39, 0.29) is 36.4 Å². The molecular formula is C27H34N4O2. The molecule has 6 heteroatoms. The van der Waals surface area contributed by atoms with Crippen LogP contribution in [0.1, 0.15) is 57.0 Å². The second-order valence-electron chi connectivity index (χ2n) is 9.73. The highest BCUT2D eigenvalue weighted by atomic mass is 16.2. The number of anilines is 1. The molecule has 0 spiro atoms. The number of imidazole rings is 1. The summed E-state index contributed by atoms with van der Waals surface area (Å²) < 4.78 is 2.03. The molecule has 2 amide bonds. The van der Waals surface area contributed by atoms with Crippen LogP contribution in [0.2, 0.25) is 0 Å².